The summed E-state index contributed by atoms with van der Waals surface area (Å²) in [6, 6.07) is 10.7. The van der Waals surface area contributed by atoms with Crippen LogP contribution in [0, 0.1) is 0 Å². The highest BCUT2D eigenvalue weighted by Crippen LogP contribution is 2.24. The average Bonchev–Trinajstić information content (AvgIpc) is 3.00. The summed E-state index contributed by atoms with van der Waals surface area (Å²) in [5.41, 5.74) is -0.0701. The van der Waals surface area contributed by atoms with Crippen LogP contribution in [-0.2, 0) is 21.6 Å². The molecule has 0 aliphatic carbocycles. The van der Waals surface area contributed by atoms with E-state index in [9.17, 15) is 9.59 Å². The fraction of sp³-hybridized carbons (Fsp3) is 0.250. The number of hydrogen-bond acceptors (Lipinski definition) is 5. The maximum absolute atomic E-state index is 12.5. The van der Waals surface area contributed by atoms with Gasteiger partial charge in [-0.25, -0.2) is 4.52 Å². The summed E-state index contributed by atoms with van der Waals surface area (Å²) in [7, 11) is 0. The smallest absolute Gasteiger partial charge is 0.317 e. The number of aromatic amines is 1. The van der Waals surface area contributed by atoms with Gasteiger partial charge in [0.05, 0.1) is 5.69 Å². The van der Waals surface area contributed by atoms with E-state index in [2.05, 4.69) is 15.1 Å². The third kappa shape index (κ3) is 2.85. The zero-order chi connectivity index (χ0) is 16.4. The first kappa shape index (κ1) is 15.0. The van der Waals surface area contributed by atoms with E-state index in [0.29, 0.717) is 5.69 Å². The van der Waals surface area contributed by atoms with E-state index >= 15 is 0 Å². The molecule has 7 heteroatoms. The second-order valence-corrected chi connectivity index (χ2v) is 5.70. The van der Waals surface area contributed by atoms with E-state index in [0.717, 1.165) is 5.56 Å². The van der Waals surface area contributed by atoms with Crippen LogP contribution in [0.2, 0.25) is 0 Å². The van der Waals surface area contributed by atoms with Gasteiger partial charge in [0.1, 0.15) is 18.3 Å². The fourth-order valence-electron chi connectivity index (χ4n) is 2.29. The Bertz CT molecular complexity index is 896. The molecule has 118 valence electrons. The molecule has 0 spiro atoms. The van der Waals surface area contributed by atoms with Crippen LogP contribution in [0.15, 0.2) is 47.5 Å². The number of nitrogens with one attached hydrogen (secondary N) is 1. The summed E-state index contributed by atoms with van der Waals surface area (Å²) >= 11 is 0. The van der Waals surface area contributed by atoms with Gasteiger partial charge >= 0.3 is 5.97 Å². The van der Waals surface area contributed by atoms with Gasteiger partial charge in [-0.15, -0.1) is 0 Å². The highest BCUT2D eigenvalue weighted by molar-refractivity contribution is 5.81. The maximum Gasteiger partial charge on any atom is 0.317 e. The molecule has 1 N–H and O–H groups in total. The molecule has 0 saturated heterocycles. The van der Waals surface area contributed by atoms with Crippen LogP contribution in [0.25, 0.3) is 5.78 Å². The number of esters is 1. The number of nitrogens with zero attached hydrogens (tertiary/aromatic N) is 3. The minimum absolute atomic E-state index is 0.173. The third-order valence-electron chi connectivity index (χ3n) is 3.64. The van der Waals surface area contributed by atoms with Crippen LogP contribution in [0.5, 0.6) is 0 Å². The van der Waals surface area contributed by atoms with Crippen molar-refractivity contribution in [3.05, 3.63) is 64.3 Å². The summed E-state index contributed by atoms with van der Waals surface area (Å²) in [4.78, 5) is 30.8. The number of carbonyl (C=O) groups excluding carboxylic acids is 1. The molecular weight excluding hydrogens is 296 g/mol. The van der Waals surface area contributed by atoms with Crippen LogP contribution in [-0.4, -0.2) is 25.6 Å². The maximum atomic E-state index is 12.5. The lowest BCUT2D eigenvalue weighted by Gasteiger charge is -2.23. The van der Waals surface area contributed by atoms with Crippen LogP contribution >= 0.6 is 0 Å². The Balaban J connectivity index is 1.89. The SMILES string of the molecule is CC(C)(C(=O)OCc1ccccc1)c1cc(=O)[nH]c2ncnn12. The molecule has 3 rings (SSSR count). The number of aromatic nitrogens is 4. The van der Waals surface area contributed by atoms with E-state index < -0.39 is 11.4 Å². The third-order valence-corrected chi connectivity index (χ3v) is 3.64. The molecular formula is C16H16N4O3. The van der Waals surface area contributed by atoms with Crippen LogP contribution in [0.3, 0.4) is 0 Å². The summed E-state index contributed by atoms with van der Waals surface area (Å²) in [5, 5.41) is 4.05. The second kappa shape index (κ2) is 5.68. The first-order valence-electron chi connectivity index (χ1n) is 7.13. The molecule has 0 atom stereocenters. The Morgan fingerprint density at radius 2 is 2.04 bits per heavy atom. The number of ether oxygens (including phenoxy) is 1. The second-order valence-electron chi connectivity index (χ2n) is 5.70. The van der Waals surface area contributed by atoms with Gasteiger partial charge < -0.3 is 4.74 Å². The molecule has 0 amide bonds. The van der Waals surface area contributed by atoms with Crippen molar-refractivity contribution in [1.29, 1.82) is 0 Å². The van der Waals surface area contributed by atoms with Gasteiger partial charge in [-0.1, -0.05) is 30.3 Å². The molecule has 2 aromatic heterocycles. The molecule has 1 aromatic carbocycles. The molecule has 2 heterocycles. The van der Waals surface area contributed by atoms with Gasteiger partial charge in [0.25, 0.3) is 5.56 Å². The number of fused-ring (bicyclic) bond motifs is 1. The van der Waals surface area contributed by atoms with Crippen molar-refractivity contribution in [3.8, 4) is 0 Å². The van der Waals surface area contributed by atoms with E-state index in [1.807, 2.05) is 30.3 Å². The summed E-state index contributed by atoms with van der Waals surface area (Å²) < 4.78 is 6.84. The van der Waals surface area contributed by atoms with Crippen molar-refractivity contribution in [2.24, 2.45) is 0 Å². The van der Waals surface area contributed by atoms with Gasteiger partial charge in [-0.3, -0.25) is 14.6 Å². The lowest BCUT2D eigenvalue weighted by Crippen LogP contribution is -2.35. The average molecular weight is 312 g/mol. The minimum Gasteiger partial charge on any atom is -0.460 e. The molecule has 0 saturated carbocycles. The quantitative estimate of drug-likeness (QED) is 0.736. The molecule has 7 nitrogen and oxygen atoms in total. The van der Waals surface area contributed by atoms with E-state index in [1.165, 1.54) is 16.9 Å². The molecule has 0 aliphatic heterocycles. The first-order chi connectivity index (χ1) is 11.0. The topological polar surface area (TPSA) is 89.4 Å². The molecule has 0 radical (unpaired) electrons. The molecule has 3 aromatic rings. The van der Waals surface area contributed by atoms with Crippen molar-refractivity contribution in [3.63, 3.8) is 0 Å². The Labute approximate surface area is 131 Å². The first-order valence-corrected chi connectivity index (χ1v) is 7.13. The Kier molecular flexibility index (Phi) is 3.69. The minimum atomic E-state index is -1.05. The Hall–Kier alpha value is -2.96. The fourth-order valence-corrected chi connectivity index (χ4v) is 2.29. The lowest BCUT2D eigenvalue weighted by molar-refractivity contribution is -0.151. The van der Waals surface area contributed by atoms with Crippen molar-refractivity contribution < 1.29 is 9.53 Å². The summed E-state index contributed by atoms with van der Waals surface area (Å²) in [6.45, 7) is 3.55. The van der Waals surface area contributed by atoms with Crippen LogP contribution < -0.4 is 5.56 Å². The number of hydrogen-bond donors (Lipinski definition) is 1. The summed E-state index contributed by atoms with van der Waals surface area (Å²) in [5.74, 6) is -0.153. The lowest BCUT2D eigenvalue weighted by atomic mass is 9.89. The van der Waals surface area contributed by atoms with Gasteiger partial charge in [0.15, 0.2) is 0 Å². The normalized spacial score (nSPS) is 11.6. The zero-order valence-corrected chi connectivity index (χ0v) is 12.8. The number of carbonyl (C=O) groups is 1. The molecule has 0 bridgehead atoms. The summed E-state index contributed by atoms with van der Waals surface area (Å²) in [6.07, 6.45) is 1.32. The predicted octanol–water partition coefficient (Wildman–Crippen LogP) is 1.44. The molecule has 0 aliphatic rings. The number of benzene rings is 1. The van der Waals surface area contributed by atoms with E-state index in [4.69, 9.17) is 4.74 Å². The van der Waals surface area contributed by atoms with Crippen molar-refractivity contribution in [2.75, 3.05) is 0 Å². The van der Waals surface area contributed by atoms with Crippen molar-refractivity contribution >= 4 is 11.7 Å². The van der Waals surface area contributed by atoms with Crippen molar-refractivity contribution in [1.82, 2.24) is 19.6 Å². The standard InChI is InChI=1S/C16H16N4O3/c1-16(2,14(22)23-9-11-6-4-3-5-7-11)12-8-13(21)19-15-17-10-18-20(12)15/h3-8,10H,9H2,1-2H3,(H,17,18,19,21). The number of H-pyrrole nitrogens is 1. The van der Waals surface area contributed by atoms with Gasteiger partial charge in [-0.05, 0) is 19.4 Å². The largest absolute Gasteiger partial charge is 0.460 e. The van der Waals surface area contributed by atoms with Crippen molar-refractivity contribution in [2.45, 2.75) is 25.9 Å². The van der Waals surface area contributed by atoms with Crippen LogP contribution in [0.1, 0.15) is 25.1 Å². The monoisotopic (exact) mass is 312 g/mol. The number of rotatable bonds is 4. The van der Waals surface area contributed by atoms with Crippen LogP contribution in [0.4, 0.5) is 0 Å². The predicted molar refractivity (Wildman–Crippen MR) is 82.9 cm³/mol. The molecule has 0 unspecified atom stereocenters. The zero-order valence-electron chi connectivity index (χ0n) is 12.8. The Morgan fingerprint density at radius 1 is 1.30 bits per heavy atom. The highest BCUT2D eigenvalue weighted by atomic mass is 16.5. The van der Waals surface area contributed by atoms with E-state index in [1.54, 1.807) is 13.8 Å². The molecule has 0 fully saturated rings. The Morgan fingerprint density at radius 3 is 2.78 bits per heavy atom. The van der Waals surface area contributed by atoms with Gasteiger partial charge in [0, 0.05) is 6.07 Å². The van der Waals surface area contributed by atoms with Gasteiger partial charge in [-0.2, -0.15) is 10.1 Å². The van der Waals surface area contributed by atoms with E-state index in [-0.39, 0.29) is 17.9 Å². The van der Waals surface area contributed by atoms with Gasteiger partial charge in [0.2, 0.25) is 5.78 Å². The highest BCUT2D eigenvalue weighted by Gasteiger charge is 2.35. The molecule has 23 heavy (non-hydrogen) atoms.